The number of benzene rings is 2. The van der Waals surface area contributed by atoms with Crippen LogP contribution in [-0.2, 0) is 0 Å². The highest BCUT2D eigenvalue weighted by molar-refractivity contribution is 7.80. The van der Waals surface area contributed by atoms with E-state index in [1.807, 2.05) is 36.4 Å². The molecule has 1 fully saturated rings. The fraction of sp³-hybridized carbons (Fsp3) is 0.480. The topological polar surface area (TPSA) is 53.8 Å². The molecule has 0 saturated carbocycles. The van der Waals surface area contributed by atoms with Gasteiger partial charge in [0, 0.05) is 43.6 Å². The lowest BCUT2D eigenvalue weighted by Crippen LogP contribution is -2.46. The molecule has 1 aliphatic heterocycles. The van der Waals surface area contributed by atoms with E-state index in [0.717, 1.165) is 56.3 Å². The van der Waals surface area contributed by atoms with Crippen LogP contribution in [-0.4, -0.2) is 49.3 Å². The van der Waals surface area contributed by atoms with Gasteiger partial charge in [-0.3, -0.25) is 4.90 Å². The van der Waals surface area contributed by atoms with Crippen LogP contribution in [0, 0.1) is 5.82 Å². The van der Waals surface area contributed by atoms with Gasteiger partial charge in [-0.2, -0.15) is 0 Å². The average molecular weight is 459 g/mol. The monoisotopic (exact) mass is 458 g/mol. The van der Waals surface area contributed by atoms with Crippen molar-refractivity contribution in [2.75, 3.05) is 49.5 Å². The van der Waals surface area contributed by atoms with E-state index in [-0.39, 0.29) is 10.9 Å². The Hall–Kier alpha value is -2.38. The number of rotatable bonds is 12. The van der Waals surface area contributed by atoms with E-state index in [9.17, 15) is 4.39 Å². The highest BCUT2D eigenvalue weighted by atomic mass is 32.1. The molecular weight excluding hydrogens is 423 g/mol. The number of hydrogen-bond acceptors (Lipinski definition) is 4. The van der Waals surface area contributed by atoms with Crippen molar-refractivity contribution >= 4 is 28.7 Å². The van der Waals surface area contributed by atoms with Crippen molar-refractivity contribution in [2.24, 2.45) is 5.73 Å². The van der Waals surface area contributed by atoms with Gasteiger partial charge >= 0.3 is 0 Å². The number of nitrogens with one attached hydrogen (secondary N) is 1. The normalized spacial score (nSPS) is 14.3. The second kappa shape index (κ2) is 13.2. The van der Waals surface area contributed by atoms with E-state index >= 15 is 0 Å². The van der Waals surface area contributed by atoms with Crippen molar-refractivity contribution in [1.29, 1.82) is 0 Å². The predicted octanol–water partition coefficient (Wildman–Crippen LogP) is 5.02. The number of piperazine rings is 1. The Balaban J connectivity index is 1.17. The summed E-state index contributed by atoms with van der Waals surface area (Å²) in [5, 5.41) is 3.18. The van der Waals surface area contributed by atoms with Crippen LogP contribution in [0.2, 0.25) is 0 Å². The molecule has 1 heterocycles. The Morgan fingerprint density at radius 1 is 0.938 bits per heavy atom. The molecule has 32 heavy (non-hydrogen) atoms. The third-order valence-electron chi connectivity index (χ3n) is 5.80. The highest BCUT2D eigenvalue weighted by Gasteiger charge is 2.16. The van der Waals surface area contributed by atoms with E-state index in [4.69, 9.17) is 22.7 Å². The Bertz CT molecular complexity index is 825. The minimum absolute atomic E-state index is 0.170. The van der Waals surface area contributed by atoms with Crippen LogP contribution in [0.4, 0.5) is 15.8 Å². The molecule has 1 aliphatic rings. The van der Waals surface area contributed by atoms with Crippen molar-refractivity contribution in [3.05, 3.63) is 54.3 Å². The van der Waals surface area contributed by atoms with E-state index in [1.165, 1.54) is 38.6 Å². The summed E-state index contributed by atoms with van der Waals surface area (Å²) >= 11 is 4.86. The van der Waals surface area contributed by atoms with Gasteiger partial charge in [-0.25, -0.2) is 4.39 Å². The molecule has 0 aliphatic carbocycles. The van der Waals surface area contributed by atoms with E-state index in [2.05, 4.69) is 15.1 Å². The number of nitrogens with zero attached hydrogens (tertiary/aromatic N) is 2. The van der Waals surface area contributed by atoms with Crippen LogP contribution in [0.3, 0.4) is 0 Å². The number of unbranched alkanes of at least 4 members (excludes halogenated alkanes) is 5. The maximum Gasteiger partial charge on any atom is 0.168 e. The molecule has 5 nitrogen and oxygen atoms in total. The number of thiocarbonyl (C=S) groups is 1. The van der Waals surface area contributed by atoms with Gasteiger partial charge in [0.25, 0.3) is 0 Å². The second-order valence-corrected chi connectivity index (χ2v) is 8.73. The molecule has 0 atom stereocenters. The SMILES string of the molecule is NC(=S)Nc1cccc(OCCCCCCCCN2CCN(c3ccc(F)cc3)CC2)c1. The third kappa shape index (κ3) is 8.63. The summed E-state index contributed by atoms with van der Waals surface area (Å²) in [6.07, 6.45) is 7.34. The molecule has 3 rings (SSSR count). The number of anilines is 2. The Kier molecular flexibility index (Phi) is 10.0. The zero-order valence-corrected chi connectivity index (χ0v) is 19.6. The predicted molar refractivity (Wildman–Crippen MR) is 135 cm³/mol. The average Bonchev–Trinajstić information content (AvgIpc) is 2.79. The van der Waals surface area contributed by atoms with Crippen LogP contribution in [0.1, 0.15) is 38.5 Å². The summed E-state index contributed by atoms with van der Waals surface area (Å²) in [5.41, 5.74) is 7.48. The molecule has 2 aromatic carbocycles. The molecule has 7 heteroatoms. The zero-order valence-electron chi connectivity index (χ0n) is 18.8. The summed E-state index contributed by atoms with van der Waals surface area (Å²) in [6.45, 7) is 6.11. The number of nitrogens with two attached hydrogens (primary N) is 1. The van der Waals surface area contributed by atoms with Gasteiger partial charge in [0.2, 0.25) is 0 Å². The zero-order chi connectivity index (χ0) is 22.6. The smallest absolute Gasteiger partial charge is 0.168 e. The van der Waals surface area contributed by atoms with Crippen molar-refractivity contribution in [3.8, 4) is 5.75 Å². The maximum absolute atomic E-state index is 13.1. The molecular formula is C25H35FN4OS. The van der Waals surface area contributed by atoms with Crippen molar-refractivity contribution in [3.63, 3.8) is 0 Å². The van der Waals surface area contributed by atoms with Crippen LogP contribution < -0.4 is 20.7 Å². The van der Waals surface area contributed by atoms with Gasteiger partial charge in [0.1, 0.15) is 11.6 Å². The summed E-state index contributed by atoms with van der Waals surface area (Å²) in [7, 11) is 0. The maximum atomic E-state index is 13.1. The molecule has 0 amide bonds. The largest absolute Gasteiger partial charge is 0.494 e. The van der Waals surface area contributed by atoms with Crippen molar-refractivity contribution in [1.82, 2.24) is 4.90 Å². The number of halogens is 1. The summed E-state index contributed by atoms with van der Waals surface area (Å²) < 4.78 is 18.9. The lowest BCUT2D eigenvalue weighted by atomic mass is 10.1. The molecule has 174 valence electrons. The fourth-order valence-corrected chi connectivity index (χ4v) is 4.14. The van der Waals surface area contributed by atoms with Gasteiger partial charge in [-0.1, -0.05) is 31.7 Å². The van der Waals surface area contributed by atoms with E-state index in [0.29, 0.717) is 0 Å². The minimum Gasteiger partial charge on any atom is -0.494 e. The van der Waals surface area contributed by atoms with E-state index in [1.54, 1.807) is 12.1 Å². The van der Waals surface area contributed by atoms with Gasteiger partial charge in [-0.15, -0.1) is 0 Å². The lowest BCUT2D eigenvalue weighted by molar-refractivity contribution is 0.251. The first-order valence-electron chi connectivity index (χ1n) is 11.6. The molecule has 0 bridgehead atoms. The first-order chi connectivity index (χ1) is 15.6. The van der Waals surface area contributed by atoms with Crippen molar-refractivity contribution < 1.29 is 9.13 Å². The van der Waals surface area contributed by atoms with Gasteiger partial charge in [-0.05, 0) is 68.0 Å². The standard InChI is InChI=1S/C25H35FN4OS/c26-21-10-12-23(13-11-21)30-17-15-29(16-18-30)14-5-3-1-2-4-6-19-31-24-9-7-8-22(20-24)28-25(27)32/h7-13,20H,1-6,14-19H2,(H3,27,28,32). The summed E-state index contributed by atoms with van der Waals surface area (Å²) in [5.74, 6) is 0.668. The van der Waals surface area contributed by atoms with Crippen LogP contribution in [0.5, 0.6) is 5.75 Å². The van der Waals surface area contributed by atoms with Gasteiger partial charge in [0.05, 0.1) is 6.61 Å². The molecule has 1 saturated heterocycles. The molecule has 0 spiro atoms. The molecule has 0 aromatic heterocycles. The van der Waals surface area contributed by atoms with E-state index < -0.39 is 0 Å². The molecule has 2 aromatic rings. The first-order valence-corrected chi connectivity index (χ1v) is 12.0. The molecule has 3 N–H and O–H groups in total. The molecule has 0 unspecified atom stereocenters. The third-order valence-corrected chi connectivity index (χ3v) is 5.91. The highest BCUT2D eigenvalue weighted by Crippen LogP contribution is 2.19. The second-order valence-electron chi connectivity index (χ2n) is 8.29. The van der Waals surface area contributed by atoms with Crippen LogP contribution in [0.25, 0.3) is 0 Å². The number of hydrogen-bond donors (Lipinski definition) is 2. The molecule has 0 radical (unpaired) electrons. The number of ether oxygens (including phenoxy) is 1. The Morgan fingerprint density at radius 3 is 2.34 bits per heavy atom. The Labute approximate surface area is 196 Å². The van der Waals surface area contributed by atoms with Crippen LogP contribution in [0.15, 0.2) is 48.5 Å². The quantitative estimate of drug-likeness (QED) is 0.344. The Morgan fingerprint density at radius 2 is 1.62 bits per heavy atom. The van der Waals surface area contributed by atoms with Gasteiger partial charge < -0.3 is 20.7 Å². The van der Waals surface area contributed by atoms with Crippen LogP contribution >= 0.6 is 12.2 Å². The van der Waals surface area contributed by atoms with Crippen molar-refractivity contribution in [2.45, 2.75) is 38.5 Å². The fourth-order valence-electron chi connectivity index (χ4n) is 4.02. The summed E-state index contributed by atoms with van der Waals surface area (Å²) in [6, 6.07) is 14.5. The van der Waals surface area contributed by atoms with Gasteiger partial charge in [0.15, 0.2) is 5.11 Å². The summed E-state index contributed by atoms with van der Waals surface area (Å²) in [4.78, 5) is 4.89. The lowest BCUT2D eigenvalue weighted by Gasteiger charge is -2.36. The minimum atomic E-state index is -0.170. The first kappa shape index (κ1) is 24.3.